The molecule has 2 aromatic rings. The van der Waals surface area contributed by atoms with Crippen LogP contribution in [-0.2, 0) is 10.5 Å². The maximum absolute atomic E-state index is 12.3. The first-order valence-electron chi connectivity index (χ1n) is 8.10. The zero-order valence-corrected chi connectivity index (χ0v) is 17.2. The van der Waals surface area contributed by atoms with Gasteiger partial charge in [-0.3, -0.25) is 4.79 Å². The zero-order chi connectivity index (χ0) is 18.1. The van der Waals surface area contributed by atoms with Gasteiger partial charge in [0.15, 0.2) is 0 Å². The number of carbonyl (C=O) groups excluding carboxylic acids is 1. The largest absolute Gasteiger partial charge is 0.354 e. The second-order valence-electron chi connectivity index (χ2n) is 5.44. The molecule has 0 aliphatic heterocycles. The molecule has 1 amide bonds. The van der Waals surface area contributed by atoms with Crippen molar-refractivity contribution in [1.82, 2.24) is 5.32 Å². The molecule has 0 aromatic heterocycles. The van der Waals surface area contributed by atoms with Crippen molar-refractivity contribution in [1.29, 1.82) is 0 Å². The molecule has 2 rings (SSSR count). The van der Waals surface area contributed by atoms with E-state index in [4.69, 9.17) is 23.2 Å². The van der Waals surface area contributed by atoms with Crippen LogP contribution in [-0.4, -0.2) is 23.5 Å². The van der Waals surface area contributed by atoms with Gasteiger partial charge in [0.25, 0.3) is 0 Å². The number of halogens is 2. The predicted molar refractivity (Wildman–Crippen MR) is 112 cm³/mol. The van der Waals surface area contributed by atoms with Gasteiger partial charge in [0.1, 0.15) is 0 Å². The Labute approximate surface area is 168 Å². The molecule has 6 heteroatoms. The van der Waals surface area contributed by atoms with Crippen LogP contribution < -0.4 is 5.32 Å². The highest BCUT2D eigenvalue weighted by molar-refractivity contribution is 8.00. The summed E-state index contributed by atoms with van der Waals surface area (Å²) in [4.78, 5) is 13.4. The molecule has 1 N–H and O–H groups in total. The number of carbonyl (C=O) groups is 1. The van der Waals surface area contributed by atoms with E-state index in [0.29, 0.717) is 11.6 Å². The van der Waals surface area contributed by atoms with Crippen LogP contribution in [0.1, 0.15) is 18.9 Å². The first-order chi connectivity index (χ1) is 12.1. The molecule has 25 heavy (non-hydrogen) atoms. The average molecular weight is 414 g/mol. The molecule has 134 valence electrons. The number of hydrogen-bond acceptors (Lipinski definition) is 3. The second-order valence-corrected chi connectivity index (χ2v) is 8.69. The Hall–Kier alpha value is -0.810. The molecule has 2 nitrogen and oxygen atoms in total. The summed E-state index contributed by atoms with van der Waals surface area (Å²) in [7, 11) is 0. The van der Waals surface area contributed by atoms with Crippen molar-refractivity contribution in [3.8, 4) is 0 Å². The van der Waals surface area contributed by atoms with Crippen molar-refractivity contribution in [3.05, 3.63) is 64.1 Å². The SMILES string of the molecule is CC[C@@H](Sc1ccc(Cl)cc1)C(=O)NCCSCc1ccc(Cl)cc1. The lowest BCUT2D eigenvalue weighted by molar-refractivity contribution is -0.120. The summed E-state index contributed by atoms with van der Waals surface area (Å²) in [6, 6.07) is 15.5. The van der Waals surface area contributed by atoms with E-state index in [1.807, 2.05) is 55.5 Å². The van der Waals surface area contributed by atoms with Gasteiger partial charge < -0.3 is 5.32 Å². The molecule has 0 spiro atoms. The van der Waals surface area contributed by atoms with Crippen molar-refractivity contribution in [2.24, 2.45) is 0 Å². The van der Waals surface area contributed by atoms with Gasteiger partial charge in [0.2, 0.25) is 5.91 Å². The van der Waals surface area contributed by atoms with Crippen LogP contribution in [0.15, 0.2) is 53.4 Å². The number of nitrogens with one attached hydrogen (secondary N) is 1. The molecule has 0 heterocycles. The molecule has 2 aromatic carbocycles. The Bertz CT molecular complexity index is 662. The van der Waals surface area contributed by atoms with Gasteiger partial charge in [-0.05, 0) is 48.4 Å². The summed E-state index contributed by atoms with van der Waals surface area (Å²) in [6.07, 6.45) is 0.789. The third-order valence-corrected chi connectivity index (χ3v) is 6.39. The Morgan fingerprint density at radius 3 is 2.24 bits per heavy atom. The highest BCUT2D eigenvalue weighted by atomic mass is 35.5. The highest BCUT2D eigenvalue weighted by Gasteiger charge is 2.17. The minimum atomic E-state index is -0.0811. The van der Waals surface area contributed by atoms with Crippen LogP contribution in [0.25, 0.3) is 0 Å². The zero-order valence-electron chi connectivity index (χ0n) is 14.0. The maximum Gasteiger partial charge on any atom is 0.233 e. The van der Waals surface area contributed by atoms with Crippen LogP contribution >= 0.6 is 46.7 Å². The first-order valence-corrected chi connectivity index (χ1v) is 10.9. The first kappa shape index (κ1) is 20.5. The highest BCUT2D eigenvalue weighted by Crippen LogP contribution is 2.26. The van der Waals surface area contributed by atoms with Crippen LogP contribution in [0, 0.1) is 0 Å². The topological polar surface area (TPSA) is 29.1 Å². The lowest BCUT2D eigenvalue weighted by atomic mass is 10.2. The molecule has 0 fully saturated rings. The van der Waals surface area contributed by atoms with E-state index in [2.05, 4.69) is 5.32 Å². The van der Waals surface area contributed by atoms with E-state index < -0.39 is 0 Å². The molecule has 0 radical (unpaired) electrons. The summed E-state index contributed by atoms with van der Waals surface area (Å²) in [5, 5.41) is 4.41. The van der Waals surface area contributed by atoms with Crippen molar-refractivity contribution in [2.75, 3.05) is 12.3 Å². The predicted octanol–water partition coefficient (Wildman–Crippen LogP) is 5.91. The van der Waals surface area contributed by atoms with Crippen LogP contribution in [0.2, 0.25) is 10.0 Å². The molecule has 0 saturated carbocycles. The number of benzene rings is 2. The average Bonchev–Trinajstić information content (AvgIpc) is 2.62. The molecule has 0 bridgehead atoms. The van der Waals surface area contributed by atoms with Gasteiger partial charge in [-0.15, -0.1) is 11.8 Å². The summed E-state index contributed by atoms with van der Waals surface area (Å²) in [6.45, 7) is 2.71. The van der Waals surface area contributed by atoms with Gasteiger partial charge in [-0.25, -0.2) is 0 Å². The minimum Gasteiger partial charge on any atom is -0.354 e. The van der Waals surface area contributed by atoms with Crippen LogP contribution in [0.4, 0.5) is 0 Å². The van der Waals surface area contributed by atoms with E-state index >= 15 is 0 Å². The quantitative estimate of drug-likeness (QED) is 0.408. The second kappa shape index (κ2) is 11.0. The third-order valence-electron chi connectivity index (χ3n) is 3.48. The minimum absolute atomic E-state index is 0.0811. The van der Waals surface area contributed by atoms with E-state index in [-0.39, 0.29) is 11.2 Å². The van der Waals surface area contributed by atoms with E-state index in [1.54, 1.807) is 23.5 Å². The summed E-state index contributed by atoms with van der Waals surface area (Å²) in [5.41, 5.74) is 1.24. The molecule has 1 atom stereocenters. The monoisotopic (exact) mass is 413 g/mol. The Balaban J connectivity index is 1.68. The molecular formula is C19H21Cl2NOS2. The van der Waals surface area contributed by atoms with Gasteiger partial charge in [-0.1, -0.05) is 42.3 Å². The molecular weight excluding hydrogens is 393 g/mol. The Morgan fingerprint density at radius 2 is 1.64 bits per heavy atom. The smallest absolute Gasteiger partial charge is 0.233 e. The third kappa shape index (κ3) is 7.53. The number of hydrogen-bond donors (Lipinski definition) is 1. The van der Waals surface area contributed by atoms with E-state index in [0.717, 1.165) is 27.8 Å². The molecule has 0 aliphatic rings. The Morgan fingerprint density at radius 1 is 1.04 bits per heavy atom. The fourth-order valence-electron chi connectivity index (χ4n) is 2.13. The van der Waals surface area contributed by atoms with Crippen molar-refractivity contribution >= 4 is 52.6 Å². The molecule has 0 unspecified atom stereocenters. The lowest BCUT2D eigenvalue weighted by Gasteiger charge is -2.14. The molecule has 0 aliphatic carbocycles. The van der Waals surface area contributed by atoms with Gasteiger partial charge in [-0.2, -0.15) is 11.8 Å². The summed E-state index contributed by atoms with van der Waals surface area (Å²) < 4.78 is 0. The van der Waals surface area contributed by atoms with Gasteiger partial charge >= 0.3 is 0 Å². The van der Waals surface area contributed by atoms with E-state index in [9.17, 15) is 4.79 Å². The van der Waals surface area contributed by atoms with Crippen molar-refractivity contribution in [2.45, 2.75) is 29.2 Å². The van der Waals surface area contributed by atoms with Crippen molar-refractivity contribution < 1.29 is 4.79 Å². The fourth-order valence-corrected chi connectivity index (χ4v) is 4.18. The Kier molecular flexibility index (Phi) is 9.04. The molecule has 0 saturated heterocycles. The summed E-state index contributed by atoms with van der Waals surface area (Å²) in [5.74, 6) is 1.90. The van der Waals surface area contributed by atoms with Gasteiger partial charge in [0, 0.05) is 33.0 Å². The number of rotatable bonds is 9. The van der Waals surface area contributed by atoms with Crippen LogP contribution in [0.3, 0.4) is 0 Å². The number of thioether (sulfide) groups is 2. The lowest BCUT2D eigenvalue weighted by Crippen LogP contribution is -2.33. The standard InChI is InChI=1S/C19H21Cl2NOS2/c1-2-18(25-17-9-7-16(21)8-10-17)19(23)22-11-12-24-13-14-3-5-15(20)6-4-14/h3-10,18H,2,11-13H2,1H3,(H,22,23)/t18-/m1/s1. The normalized spacial score (nSPS) is 12.0. The maximum atomic E-state index is 12.3. The van der Waals surface area contributed by atoms with Crippen LogP contribution in [0.5, 0.6) is 0 Å². The fraction of sp³-hybridized carbons (Fsp3) is 0.316. The van der Waals surface area contributed by atoms with E-state index in [1.165, 1.54) is 5.56 Å². The number of amides is 1. The summed E-state index contributed by atoms with van der Waals surface area (Å²) >= 11 is 15.2. The van der Waals surface area contributed by atoms with Crippen molar-refractivity contribution in [3.63, 3.8) is 0 Å². The van der Waals surface area contributed by atoms with Gasteiger partial charge in [0.05, 0.1) is 5.25 Å².